The minimum Gasteiger partial charge on any atom is -0.268 e. The van der Waals surface area contributed by atoms with E-state index in [1.54, 1.807) is 30.3 Å². The molecule has 0 atom stereocenters. The van der Waals surface area contributed by atoms with Gasteiger partial charge in [0.15, 0.2) is 0 Å². The van der Waals surface area contributed by atoms with Crippen LogP contribution in [-0.2, 0) is 35.8 Å². The summed E-state index contributed by atoms with van der Waals surface area (Å²) in [6, 6.07) is 8.43. The van der Waals surface area contributed by atoms with Crippen molar-refractivity contribution in [2.75, 3.05) is 6.54 Å². The smallest absolute Gasteiger partial charge is 0.267 e. The summed E-state index contributed by atoms with van der Waals surface area (Å²) in [4.78, 5) is 12.2. The van der Waals surface area contributed by atoms with Gasteiger partial charge in [-0.25, -0.2) is 17.8 Å². The van der Waals surface area contributed by atoms with Gasteiger partial charge in [-0.15, -0.1) is 0 Å². The third-order valence-corrected chi connectivity index (χ3v) is 5.76. The molecule has 1 aliphatic rings. The summed E-state index contributed by atoms with van der Waals surface area (Å²) in [5.74, 6) is 0. The van der Waals surface area contributed by atoms with Crippen LogP contribution in [0.1, 0.15) is 30.2 Å². The highest BCUT2D eigenvalue weighted by Gasteiger charge is 2.16. The quantitative estimate of drug-likeness (QED) is 0.853. The van der Waals surface area contributed by atoms with Gasteiger partial charge in [0.2, 0.25) is 10.0 Å². The zero-order chi connectivity index (χ0) is 17.2. The lowest BCUT2D eigenvalue weighted by molar-refractivity contribution is 0.541. The van der Waals surface area contributed by atoms with Gasteiger partial charge in [0, 0.05) is 12.6 Å². The first kappa shape index (κ1) is 16.9. The van der Waals surface area contributed by atoms with E-state index in [0.29, 0.717) is 0 Å². The number of benzene rings is 1. The molecule has 7 heteroatoms. The number of fused-ring (bicyclic) bond motifs is 1. The molecule has 1 heterocycles. The molecule has 6 nitrogen and oxygen atoms in total. The first-order chi connectivity index (χ1) is 11.5. The van der Waals surface area contributed by atoms with E-state index in [1.807, 2.05) is 6.92 Å². The van der Waals surface area contributed by atoms with Gasteiger partial charge in [-0.2, -0.15) is 5.10 Å². The number of rotatable bonds is 6. The van der Waals surface area contributed by atoms with E-state index in [-0.39, 0.29) is 23.5 Å². The van der Waals surface area contributed by atoms with Crippen molar-refractivity contribution in [2.24, 2.45) is 0 Å². The van der Waals surface area contributed by atoms with Crippen LogP contribution in [0.5, 0.6) is 0 Å². The van der Waals surface area contributed by atoms with Gasteiger partial charge in [0.25, 0.3) is 5.56 Å². The molecule has 0 fully saturated rings. The number of sulfonamides is 1. The number of aryl methyl sites for hydroxylation is 3. The fourth-order valence-electron chi connectivity index (χ4n) is 2.87. The fraction of sp³-hybridized carbons (Fsp3) is 0.412. The molecule has 1 aromatic carbocycles. The van der Waals surface area contributed by atoms with Gasteiger partial charge >= 0.3 is 0 Å². The van der Waals surface area contributed by atoms with Crippen molar-refractivity contribution in [3.05, 3.63) is 57.5 Å². The summed E-state index contributed by atoms with van der Waals surface area (Å²) in [7, 11) is -3.57. The molecule has 0 spiro atoms. The Kier molecular flexibility index (Phi) is 4.82. The van der Waals surface area contributed by atoms with Crippen LogP contribution in [0.2, 0.25) is 0 Å². The van der Waals surface area contributed by atoms with Gasteiger partial charge in [-0.3, -0.25) is 4.79 Å². The Balaban J connectivity index is 1.66. The third kappa shape index (κ3) is 3.57. The van der Waals surface area contributed by atoms with Gasteiger partial charge in [-0.05, 0) is 48.9 Å². The van der Waals surface area contributed by atoms with Crippen molar-refractivity contribution < 1.29 is 8.42 Å². The lowest BCUT2D eigenvalue weighted by Crippen LogP contribution is -2.32. The third-order valence-electron chi connectivity index (χ3n) is 4.28. The molecule has 0 saturated heterocycles. The van der Waals surface area contributed by atoms with Crippen molar-refractivity contribution in [3.63, 3.8) is 0 Å². The predicted molar refractivity (Wildman–Crippen MR) is 91.5 cm³/mol. The lowest BCUT2D eigenvalue weighted by Gasteiger charge is -2.09. The van der Waals surface area contributed by atoms with E-state index >= 15 is 0 Å². The molecule has 0 unspecified atom stereocenters. The number of nitrogens with zero attached hydrogens (tertiary/aromatic N) is 2. The van der Waals surface area contributed by atoms with Crippen molar-refractivity contribution in [1.29, 1.82) is 0 Å². The standard InChI is InChI=1S/C17H21N3O3S/c1-2-13-6-8-15(9-7-13)24(22,23)18-10-11-20-17(21)12-14-4-3-5-16(14)19-20/h6-9,12,18H,2-5,10-11H2,1H3. The van der Waals surface area contributed by atoms with Crippen molar-refractivity contribution in [3.8, 4) is 0 Å². The van der Waals surface area contributed by atoms with E-state index in [4.69, 9.17) is 0 Å². The largest absolute Gasteiger partial charge is 0.268 e. The predicted octanol–water partition coefficient (Wildman–Crippen LogP) is 1.27. The second-order valence-corrected chi connectivity index (χ2v) is 7.69. The fourth-order valence-corrected chi connectivity index (χ4v) is 3.89. The van der Waals surface area contributed by atoms with Crippen molar-refractivity contribution in [1.82, 2.24) is 14.5 Å². The van der Waals surface area contributed by atoms with Crippen molar-refractivity contribution in [2.45, 2.75) is 44.0 Å². The van der Waals surface area contributed by atoms with E-state index in [2.05, 4.69) is 9.82 Å². The van der Waals surface area contributed by atoms with Gasteiger partial charge < -0.3 is 0 Å². The molecule has 0 amide bonds. The molecule has 0 saturated carbocycles. The SMILES string of the molecule is CCc1ccc(S(=O)(=O)NCCn2nc3c(cc2=O)CCC3)cc1. The molecule has 1 N–H and O–H groups in total. The summed E-state index contributed by atoms with van der Waals surface area (Å²) >= 11 is 0. The summed E-state index contributed by atoms with van der Waals surface area (Å²) < 4.78 is 28.4. The second-order valence-electron chi connectivity index (χ2n) is 5.93. The highest BCUT2D eigenvalue weighted by atomic mass is 32.2. The Morgan fingerprint density at radius 2 is 1.96 bits per heavy atom. The Morgan fingerprint density at radius 3 is 2.67 bits per heavy atom. The van der Waals surface area contributed by atoms with Crippen LogP contribution in [0, 0.1) is 0 Å². The summed E-state index contributed by atoms with van der Waals surface area (Å²) in [6.45, 7) is 2.37. The van der Waals surface area contributed by atoms with Gasteiger partial charge in [0.1, 0.15) is 0 Å². The minimum absolute atomic E-state index is 0.129. The average molecular weight is 347 g/mol. The topological polar surface area (TPSA) is 81.1 Å². The molecule has 0 aliphatic heterocycles. The van der Waals surface area contributed by atoms with E-state index in [9.17, 15) is 13.2 Å². The maximum absolute atomic E-state index is 12.3. The Bertz CT molecular complexity index is 886. The van der Waals surface area contributed by atoms with Crippen LogP contribution in [0.4, 0.5) is 0 Å². The molecule has 2 aromatic rings. The van der Waals surface area contributed by atoms with Crippen LogP contribution >= 0.6 is 0 Å². The Hall–Kier alpha value is -1.99. The zero-order valence-corrected chi connectivity index (χ0v) is 14.5. The van der Waals surface area contributed by atoms with E-state index < -0.39 is 10.0 Å². The summed E-state index contributed by atoms with van der Waals surface area (Å²) in [5, 5.41) is 4.34. The zero-order valence-electron chi connectivity index (χ0n) is 13.7. The van der Waals surface area contributed by atoms with Gasteiger partial charge in [0.05, 0.1) is 17.1 Å². The lowest BCUT2D eigenvalue weighted by atomic mass is 10.2. The normalized spacial score (nSPS) is 13.9. The molecule has 0 bridgehead atoms. The van der Waals surface area contributed by atoms with Crippen molar-refractivity contribution >= 4 is 10.0 Å². The summed E-state index contributed by atoms with van der Waals surface area (Å²) in [5.41, 5.74) is 2.88. The molecular formula is C17H21N3O3S. The molecule has 24 heavy (non-hydrogen) atoms. The molecule has 0 radical (unpaired) electrons. The summed E-state index contributed by atoms with van der Waals surface area (Å²) in [6.07, 6.45) is 3.66. The molecule has 1 aromatic heterocycles. The first-order valence-corrected chi connectivity index (χ1v) is 9.66. The maximum Gasteiger partial charge on any atom is 0.267 e. The van der Waals surface area contributed by atoms with Gasteiger partial charge in [-0.1, -0.05) is 19.1 Å². The van der Waals surface area contributed by atoms with Crippen LogP contribution in [0.25, 0.3) is 0 Å². The molecule has 1 aliphatic carbocycles. The van der Waals surface area contributed by atoms with Crippen LogP contribution < -0.4 is 10.3 Å². The average Bonchev–Trinajstić information content (AvgIpc) is 3.02. The highest BCUT2D eigenvalue weighted by molar-refractivity contribution is 7.89. The highest BCUT2D eigenvalue weighted by Crippen LogP contribution is 2.16. The van der Waals surface area contributed by atoms with E-state index in [1.165, 1.54) is 4.68 Å². The number of hydrogen-bond donors (Lipinski definition) is 1. The van der Waals surface area contributed by atoms with Crippen LogP contribution in [0.3, 0.4) is 0 Å². The monoisotopic (exact) mass is 347 g/mol. The Labute approximate surface area is 141 Å². The molecule has 3 rings (SSSR count). The second kappa shape index (κ2) is 6.86. The number of hydrogen-bond acceptors (Lipinski definition) is 4. The Morgan fingerprint density at radius 1 is 1.21 bits per heavy atom. The minimum atomic E-state index is -3.57. The number of aromatic nitrogens is 2. The number of nitrogens with one attached hydrogen (secondary N) is 1. The van der Waals surface area contributed by atoms with Crippen LogP contribution in [0.15, 0.2) is 40.0 Å². The molecular weight excluding hydrogens is 326 g/mol. The molecule has 128 valence electrons. The maximum atomic E-state index is 12.3. The van der Waals surface area contributed by atoms with E-state index in [0.717, 1.165) is 42.5 Å². The first-order valence-electron chi connectivity index (χ1n) is 8.18. The van der Waals surface area contributed by atoms with Crippen LogP contribution in [-0.4, -0.2) is 24.7 Å².